The topological polar surface area (TPSA) is 157 Å². The maximum absolute atomic E-state index is 10.6. The lowest BCUT2D eigenvalue weighted by Crippen LogP contribution is -2.31. The third kappa shape index (κ3) is 14.9. The number of anilines is 1. The quantitative estimate of drug-likeness (QED) is 0.324. The molecule has 11 nitrogen and oxygen atoms in total. The number of furan rings is 1. The zero-order valence-electron chi connectivity index (χ0n) is 22.5. The number of carboxylic acid groups (broad SMARTS) is 3. The number of carbonyl (C=O) groups is 3. The fourth-order valence-electron chi connectivity index (χ4n) is 3.16. The lowest BCUT2D eigenvalue weighted by Gasteiger charge is -2.23. The number of carboxylic acids is 3. The summed E-state index contributed by atoms with van der Waals surface area (Å²) in [5, 5.41) is 21.4. The number of fused-ring (bicyclic) bond motifs is 1. The molecule has 0 saturated carbocycles. The molecule has 1 aliphatic rings. The standard InChI is InChI=1S/C19H20N4O.3C2HF3O2/c1-2-18-14-22(12-17-5-11-24-15-17)9-10-23(19(18)21-6-1)13-16-3-7-20-8-4-16;3*3-2(4,5)1(6)7/h1-8,11,15H,9-10,12-14H2;3*(H,6,7). The highest BCUT2D eigenvalue weighted by atomic mass is 19.4. The molecule has 20 heteroatoms. The summed E-state index contributed by atoms with van der Waals surface area (Å²) < 4.78 is 100. The van der Waals surface area contributed by atoms with E-state index in [9.17, 15) is 39.5 Å². The van der Waals surface area contributed by atoms with E-state index in [1.807, 2.05) is 37.0 Å². The third-order valence-electron chi connectivity index (χ3n) is 5.08. The molecule has 3 aromatic heterocycles. The minimum atomic E-state index is -5.08. The van der Waals surface area contributed by atoms with Gasteiger partial charge in [-0.25, -0.2) is 19.4 Å². The number of hydrogen-bond donors (Lipinski definition) is 3. The second-order valence-corrected chi connectivity index (χ2v) is 8.51. The van der Waals surface area contributed by atoms with E-state index in [2.05, 4.69) is 38.0 Å². The van der Waals surface area contributed by atoms with Crippen LogP contribution >= 0.6 is 0 Å². The van der Waals surface area contributed by atoms with Gasteiger partial charge in [-0.15, -0.1) is 0 Å². The Morgan fingerprint density at radius 2 is 1.24 bits per heavy atom. The molecule has 0 spiro atoms. The van der Waals surface area contributed by atoms with E-state index in [4.69, 9.17) is 34.1 Å². The van der Waals surface area contributed by atoms with Gasteiger partial charge in [0, 0.05) is 62.4 Å². The van der Waals surface area contributed by atoms with Crippen LogP contribution < -0.4 is 4.90 Å². The summed E-state index contributed by atoms with van der Waals surface area (Å²) in [6.07, 6.45) is -6.12. The Hall–Kier alpha value is -4.88. The van der Waals surface area contributed by atoms with Gasteiger partial charge in [0.1, 0.15) is 5.82 Å². The first-order chi connectivity index (χ1) is 20.7. The van der Waals surface area contributed by atoms with Crippen molar-refractivity contribution < 1.29 is 73.6 Å². The Morgan fingerprint density at radius 1 is 0.733 bits per heavy atom. The molecule has 3 N–H and O–H groups in total. The van der Waals surface area contributed by atoms with Crippen molar-refractivity contribution in [2.75, 3.05) is 18.0 Å². The number of aliphatic carboxylic acids is 3. The van der Waals surface area contributed by atoms with Crippen molar-refractivity contribution in [1.82, 2.24) is 14.9 Å². The van der Waals surface area contributed by atoms with Gasteiger partial charge >= 0.3 is 36.4 Å². The maximum Gasteiger partial charge on any atom is 0.490 e. The Kier molecular flexibility index (Phi) is 14.3. The van der Waals surface area contributed by atoms with E-state index in [1.54, 1.807) is 6.26 Å². The Bertz CT molecular complexity index is 1290. The number of alkyl halides is 9. The average Bonchev–Trinajstić information content (AvgIpc) is 3.38. The van der Waals surface area contributed by atoms with Crippen LogP contribution in [0.3, 0.4) is 0 Å². The highest BCUT2D eigenvalue weighted by Crippen LogP contribution is 2.25. The molecule has 0 bridgehead atoms. The van der Waals surface area contributed by atoms with E-state index in [1.165, 1.54) is 16.7 Å². The molecular formula is C25H23F9N4O7. The van der Waals surface area contributed by atoms with Crippen LogP contribution in [0.5, 0.6) is 0 Å². The van der Waals surface area contributed by atoms with Gasteiger partial charge in [-0.3, -0.25) is 9.88 Å². The van der Waals surface area contributed by atoms with Crippen LogP contribution in [0.4, 0.5) is 45.3 Å². The van der Waals surface area contributed by atoms with E-state index in [-0.39, 0.29) is 0 Å². The predicted molar refractivity (Wildman–Crippen MR) is 133 cm³/mol. The third-order valence-corrected chi connectivity index (χ3v) is 5.08. The zero-order valence-corrected chi connectivity index (χ0v) is 22.5. The van der Waals surface area contributed by atoms with Crippen molar-refractivity contribution >= 4 is 23.7 Å². The molecule has 0 radical (unpaired) electrons. The molecule has 4 rings (SSSR count). The molecule has 0 atom stereocenters. The van der Waals surface area contributed by atoms with Gasteiger partial charge < -0.3 is 24.6 Å². The summed E-state index contributed by atoms with van der Waals surface area (Å²) in [6, 6.07) is 10.4. The van der Waals surface area contributed by atoms with Gasteiger partial charge in [-0.05, 0) is 29.8 Å². The fraction of sp³-hybridized carbons (Fsp3) is 0.320. The SMILES string of the molecule is O=C(O)C(F)(F)F.O=C(O)C(F)(F)F.O=C(O)C(F)(F)F.c1cnc2c(c1)CN(Cc1ccoc1)CCN2Cc1ccncc1. The molecule has 45 heavy (non-hydrogen) atoms. The zero-order chi connectivity index (χ0) is 34.4. The molecule has 0 amide bonds. The van der Waals surface area contributed by atoms with Gasteiger partial charge in [-0.2, -0.15) is 39.5 Å². The molecule has 0 aliphatic carbocycles. The first kappa shape index (κ1) is 38.1. The summed E-state index contributed by atoms with van der Waals surface area (Å²) >= 11 is 0. The number of aromatic nitrogens is 2. The minimum absolute atomic E-state index is 0.853. The fourth-order valence-corrected chi connectivity index (χ4v) is 3.16. The van der Waals surface area contributed by atoms with Crippen LogP contribution in [0.15, 0.2) is 65.9 Å². The molecular weight excluding hydrogens is 639 g/mol. The van der Waals surface area contributed by atoms with Crippen LogP contribution in [0.2, 0.25) is 0 Å². The molecule has 4 heterocycles. The summed E-state index contributed by atoms with van der Waals surface area (Å²) in [5.74, 6) is -7.18. The van der Waals surface area contributed by atoms with Gasteiger partial charge in [0.05, 0.1) is 12.5 Å². The summed E-state index contributed by atoms with van der Waals surface area (Å²) in [6.45, 7) is 4.60. The van der Waals surface area contributed by atoms with Gasteiger partial charge in [0.2, 0.25) is 0 Å². The van der Waals surface area contributed by atoms with E-state index in [0.29, 0.717) is 0 Å². The minimum Gasteiger partial charge on any atom is -0.475 e. The van der Waals surface area contributed by atoms with Gasteiger partial charge in [-0.1, -0.05) is 6.07 Å². The van der Waals surface area contributed by atoms with Crippen molar-refractivity contribution in [3.63, 3.8) is 0 Å². The van der Waals surface area contributed by atoms with Crippen LogP contribution in [-0.4, -0.2) is 79.7 Å². The van der Waals surface area contributed by atoms with Gasteiger partial charge in [0.15, 0.2) is 0 Å². The van der Waals surface area contributed by atoms with Crippen LogP contribution in [0.1, 0.15) is 16.7 Å². The van der Waals surface area contributed by atoms with Crippen molar-refractivity contribution in [2.24, 2.45) is 0 Å². The lowest BCUT2D eigenvalue weighted by atomic mass is 10.2. The molecule has 0 aromatic carbocycles. The molecule has 0 unspecified atom stereocenters. The molecule has 0 saturated heterocycles. The van der Waals surface area contributed by atoms with Crippen LogP contribution in [-0.2, 0) is 34.0 Å². The van der Waals surface area contributed by atoms with Crippen molar-refractivity contribution in [3.05, 3.63) is 78.1 Å². The summed E-state index contributed by atoms with van der Waals surface area (Å²) in [5.41, 5.74) is 3.74. The first-order valence-corrected chi connectivity index (χ1v) is 11.9. The normalized spacial score (nSPS) is 13.3. The van der Waals surface area contributed by atoms with E-state index < -0.39 is 36.4 Å². The molecule has 3 aromatic rings. The van der Waals surface area contributed by atoms with Crippen LogP contribution in [0, 0.1) is 0 Å². The number of halogens is 9. The number of hydrogen-bond acceptors (Lipinski definition) is 8. The van der Waals surface area contributed by atoms with Crippen LogP contribution in [0.25, 0.3) is 0 Å². The Labute approximate surface area is 247 Å². The predicted octanol–water partition coefficient (Wildman–Crippen LogP) is 4.99. The second kappa shape index (κ2) is 16.8. The monoisotopic (exact) mass is 662 g/mol. The Balaban J connectivity index is 0.000000396. The largest absolute Gasteiger partial charge is 0.490 e. The van der Waals surface area contributed by atoms with E-state index >= 15 is 0 Å². The number of rotatable bonds is 4. The smallest absolute Gasteiger partial charge is 0.475 e. The molecule has 0 fully saturated rings. The number of nitrogens with zero attached hydrogens (tertiary/aromatic N) is 4. The molecule has 248 valence electrons. The average molecular weight is 662 g/mol. The highest BCUT2D eigenvalue weighted by molar-refractivity contribution is 5.73. The van der Waals surface area contributed by atoms with Crippen molar-refractivity contribution in [1.29, 1.82) is 0 Å². The summed E-state index contributed by atoms with van der Waals surface area (Å²) in [7, 11) is 0. The van der Waals surface area contributed by atoms with Gasteiger partial charge in [0.25, 0.3) is 0 Å². The lowest BCUT2D eigenvalue weighted by molar-refractivity contribution is -0.193. The van der Waals surface area contributed by atoms with Crippen molar-refractivity contribution in [3.8, 4) is 0 Å². The van der Waals surface area contributed by atoms with Crippen molar-refractivity contribution in [2.45, 2.75) is 38.2 Å². The Morgan fingerprint density at radius 3 is 1.69 bits per heavy atom. The first-order valence-electron chi connectivity index (χ1n) is 11.9. The number of pyridine rings is 2. The highest BCUT2D eigenvalue weighted by Gasteiger charge is 2.39. The van der Waals surface area contributed by atoms with E-state index in [0.717, 1.165) is 38.5 Å². The second-order valence-electron chi connectivity index (χ2n) is 8.51. The summed E-state index contributed by atoms with van der Waals surface area (Å²) in [4.78, 5) is 40.2. The maximum atomic E-state index is 10.6. The molecule has 1 aliphatic heterocycles.